The highest BCUT2D eigenvalue weighted by atomic mass is 79.9. The highest BCUT2D eigenvalue weighted by Gasteiger charge is 2.14. The minimum atomic E-state index is -1.10. The number of halogens is 3. The third-order valence-corrected chi connectivity index (χ3v) is 6.56. The second-order valence-corrected chi connectivity index (χ2v) is 8.69. The molecule has 0 fully saturated rings. The minimum Gasteiger partial charge on any atom is -0.495 e. The van der Waals surface area contributed by atoms with Crippen molar-refractivity contribution in [2.75, 3.05) is 12.4 Å². The number of carboxylic acids is 1. The first-order valence-corrected chi connectivity index (χ1v) is 11.2. The van der Waals surface area contributed by atoms with E-state index in [1.165, 1.54) is 31.0 Å². The van der Waals surface area contributed by atoms with Gasteiger partial charge in [-0.3, -0.25) is 0 Å². The van der Waals surface area contributed by atoms with Crippen LogP contribution in [0.15, 0.2) is 70.0 Å². The van der Waals surface area contributed by atoms with Gasteiger partial charge in [-0.15, -0.1) is 11.8 Å². The molecule has 160 valence electrons. The maximum Gasteiger partial charge on any atom is 0.328 e. The van der Waals surface area contributed by atoms with E-state index in [0.717, 1.165) is 11.6 Å². The Labute approximate surface area is 197 Å². The highest BCUT2D eigenvalue weighted by Crippen LogP contribution is 2.38. The number of aliphatic carboxylic acids is 1. The quantitative estimate of drug-likeness (QED) is 0.239. The van der Waals surface area contributed by atoms with Gasteiger partial charge in [0.05, 0.1) is 17.8 Å². The van der Waals surface area contributed by atoms with Gasteiger partial charge >= 0.3 is 5.97 Å². The van der Waals surface area contributed by atoms with E-state index in [1.54, 1.807) is 18.2 Å². The summed E-state index contributed by atoms with van der Waals surface area (Å²) < 4.78 is 20.9. The zero-order valence-electron chi connectivity index (χ0n) is 16.4. The molecule has 3 rings (SSSR count). The second kappa shape index (κ2) is 10.7. The van der Waals surface area contributed by atoms with Crippen molar-refractivity contribution in [3.05, 3.63) is 87.1 Å². The first kappa shape index (κ1) is 23.2. The fraction of sp³-hybridized carbons (Fsp3) is 0.0870. The number of anilines is 2. The summed E-state index contributed by atoms with van der Waals surface area (Å²) in [6, 6.07) is 16.0. The number of hydrogen-bond donors (Lipinski definition) is 2. The molecule has 0 unspecified atom stereocenters. The summed E-state index contributed by atoms with van der Waals surface area (Å²) in [5.41, 5.74) is 2.48. The van der Waals surface area contributed by atoms with Crippen LogP contribution >= 0.6 is 39.3 Å². The highest BCUT2D eigenvalue weighted by molar-refractivity contribution is 9.10. The van der Waals surface area contributed by atoms with Gasteiger partial charge in [-0.25, -0.2) is 9.18 Å². The van der Waals surface area contributed by atoms with Gasteiger partial charge in [0.2, 0.25) is 0 Å². The van der Waals surface area contributed by atoms with Crippen molar-refractivity contribution in [2.24, 2.45) is 0 Å². The molecule has 0 amide bonds. The summed E-state index contributed by atoms with van der Waals surface area (Å²) in [6.07, 6.45) is 2.43. The van der Waals surface area contributed by atoms with Crippen LogP contribution in [0.1, 0.15) is 11.1 Å². The Bertz CT molecular complexity index is 1130. The van der Waals surface area contributed by atoms with E-state index in [0.29, 0.717) is 42.8 Å². The zero-order chi connectivity index (χ0) is 22.4. The second-order valence-electron chi connectivity index (χ2n) is 6.41. The van der Waals surface area contributed by atoms with Gasteiger partial charge in [0.15, 0.2) is 0 Å². The molecular formula is C23H18BrClFNO3S. The SMILES string of the molecule is COc1cc(Br)c(Cl)cc1Nc1cc(F)c(SCc2ccccc2)cc1/C=C/C(=O)O. The van der Waals surface area contributed by atoms with Crippen LogP contribution in [0, 0.1) is 5.82 Å². The fourth-order valence-electron chi connectivity index (χ4n) is 2.76. The molecule has 3 aromatic carbocycles. The molecule has 8 heteroatoms. The van der Waals surface area contributed by atoms with Crippen molar-refractivity contribution in [1.29, 1.82) is 0 Å². The Morgan fingerprint density at radius 2 is 1.97 bits per heavy atom. The lowest BCUT2D eigenvalue weighted by atomic mass is 10.1. The molecular weight excluding hydrogens is 505 g/mol. The molecule has 0 aliphatic heterocycles. The molecule has 0 aliphatic rings. The van der Waals surface area contributed by atoms with Crippen molar-refractivity contribution in [3.63, 3.8) is 0 Å². The number of thioether (sulfide) groups is 1. The first-order valence-electron chi connectivity index (χ1n) is 9.08. The minimum absolute atomic E-state index is 0.385. The maximum atomic E-state index is 14.9. The molecule has 0 radical (unpaired) electrons. The van der Waals surface area contributed by atoms with Crippen LogP contribution in [0.5, 0.6) is 5.75 Å². The Hall–Kier alpha value is -2.48. The van der Waals surface area contributed by atoms with Gasteiger partial charge in [-0.1, -0.05) is 41.9 Å². The van der Waals surface area contributed by atoms with Gasteiger partial charge in [-0.2, -0.15) is 0 Å². The third-order valence-electron chi connectivity index (χ3n) is 4.26. The smallest absolute Gasteiger partial charge is 0.328 e. The normalized spacial score (nSPS) is 11.0. The lowest BCUT2D eigenvalue weighted by molar-refractivity contribution is -0.131. The number of nitrogens with one attached hydrogen (secondary N) is 1. The van der Waals surface area contributed by atoms with Crippen LogP contribution in [0.2, 0.25) is 5.02 Å². The molecule has 31 heavy (non-hydrogen) atoms. The molecule has 0 saturated carbocycles. The summed E-state index contributed by atoms with van der Waals surface area (Å²) in [7, 11) is 1.51. The fourth-order valence-corrected chi connectivity index (χ4v) is 4.17. The molecule has 0 bridgehead atoms. The van der Waals surface area contributed by atoms with E-state index < -0.39 is 11.8 Å². The molecule has 2 N–H and O–H groups in total. The average Bonchev–Trinajstić information content (AvgIpc) is 2.75. The average molecular weight is 523 g/mol. The van der Waals surface area contributed by atoms with Crippen LogP contribution in [0.25, 0.3) is 6.08 Å². The summed E-state index contributed by atoms with van der Waals surface area (Å²) >= 11 is 10.9. The molecule has 0 aliphatic carbocycles. The third kappa shape index (κ3) is 6.26. The van der Waals surface area contributed by atoms with Crippen molar-refractivity contribution in [3.8, 4) is 5.75 Å². The van der Waals surface area contributed by atoms with Gasteiger partial charge in [0.25, 0.3) is 0 Å². The summed E-state index contributed by atoms with van der Waals surface area (Å²) in [4.78, 5) is 11.5. The van der Waals surface area contributed by atoms with Gasteiger partial charge in [0.1, 0.15) is 11.6 Å². The van der Waals surface area contributed by atoms with E-state index in [1.807, 2.05) is 30.3 Å². The number of benzene rings is 3. The van der Waals surface area contributed by atoms with Crippen molar-refractivity contribution in [2.45, 2.75) is 10.6 Å². The van der Waals surface area contributed by atoms with E-state index >= 15 is 0 Å². The standard InChI is InChI=1S/C23H18BrClFNO3S/c1-30-21-10-16(24)17(25)11-20(21)27-19-12-18(26)22(9-15(19)7-8-23(28)29)31-13-14-5-3-2-4-6-14/h2-12,27H,13H2,1H3,(H,28,29)/b8-7+. The maximum absolute atomic E-state index is 14.9. The van der Waals surface area contributed by atoms with Crippen molar-refractivity contribution < 1.29 is 19.0 Å². The molecule has 0 heterocycles. The molecule has 0 saturated heterocycles. The summed E-state index contributed by atoms with van der Waals surface area (Å²) in [5, 5.41) is 12.6. The van der Waals surface area contributed by atoms with Gasteiger partial charge in [0, 0.05) is 26.9 Å². The Morgan fingerprint density at radius 3 is 2.65 bits per heavy atom. The van der Waals surface area contributed by atoms with Crippen LogP contribution < -0.4 is 10.1 Å². The van der Waals surface area contributed by atoms with Crippen LogP contribution in [0.3, 0.4) is 0 Å². The number of carbonyl (C=O) groups is 1. The zero-order valence-corrected chi connectivity index (χ0v) is 19.5. The number of ether oxygens (including phenoxy) is 1. The van der Waals surface area contributed by atoms with Gasteiger partial charge < -0.3 is 15.2 Å². The van der Waals surface area contributed by atoms with Crippen LogP contribution in [-0.2, 0) is 10.5 Å². The van der Waals surface area contributed by atoms with Crippen molar-refractivity contribution >= 4 is 62.7 Å². The van der Waals surface area contributed by atoms with E-state index in [-0.39, 0.29) is 0 Å². The Balaban J connectivity index is 1.96. The van der Waals surface area contributed by atoms with Crippen LogP contribution in [0.4, 0.5) is 15.8 Å². The van der Waals surface area contributed by atoms with Gasteiger partial charge in [-0.05, 0) is 57.4 Å². The predicted octanol–water partition coefficient (Wildman–Crippen LogP) is 7.38. The van der Waals surface area contributed by atoms with E-state index in [2.05, 4.69) is 21.2 Å². The number of carboxylic acid groups (broad SMARTS) is 1. The number of methoxy groups -OCH3 is 1. The van der Waals surface area contributed by atoms with E-state index in [9.17, 15) is 9.18 Å². The number of hydrogen-bond acceptors (Lipinski definition) is 4. The lowest BCUT2D eigenvalue weighted by Crippen LogP contribution is -1.99. The Morgan fingerprint density at radius 1 is 1.23 bits per heavy atom. The topological polar surface area (TPSA) is 58.6 Å². The molecule has 0 aromatic heterocycles. The molecule has 0 spiro atoms. The summed E-state index contributed by atoms with van der Waals surface area (Å²) in [5.74, 6) is -0.438. The number of rotatable bonds is 8. The van der Waals surface area contributed by atoms with Crippen LogP contribution in [-0.4, -0.2) is 18.2 Å². The van der Waals surface area contributed by atoms with Crippen molar-refractivity contribution in [1.82, 2.24) is 0 Å². The molecule has 0 atom stereocenters. The monoisotopic (exact) mass is 521 g/mol. The van der Waals surface area contributed by atoms with E-state index in [4.69, 9.17) is 21.4 Å². The lowest BCUT2D eigenvalue weighted by Gasteiger charge is -2.16. The summed E-state index contributed by atoms with van der Waals surface area (Å²) in [6.45, 7) is 0. The largest absolute Gasteiger partial charge is 0.495 e. The predicted molar refractivity (Wildman–Crippen MR) is 128 cm³/mol. The molecule has 4 nitrogen and oxygen atoms in total. The first-order chi connectivity index (χ1) is 14.9. The Kier molecular flexibility index (Phi) is 8.01. The molecule has 3 aromatic rings.